The van der Waals surface area contributed by atoms with Crippen molar-refractivity contribution in [2.45, 2.75) is 6.61 Å². The van der Waals surface area contributed by atoms with Crippen LogP contribution in [0.1, 0.15) is 11.1 Å². The van der Waals surface area contributed by atoms with Crippen molar-refractivity contribution in [3.63, 3.8) is 0 Å². The Morgan fingerprint density at radius 3 is 2.68 bits per heavy atom. The number of hydrogen-bond donors (Lipinski definition) is 0. The van der Waals surface area contributed by atoms with Crippen LogP contribution >= 0.6 is 51.5 Å². The highest BCUT2D eigenvalue weighted by atomic mass is 79.9. The summed E-state index contributed by atoms with van der Waals surface area (Å²) in [6, 6.07) is 13.6. The summed E-state index contributed by atoms with van der Waals surface area (Å²) >= 11 is 15.8. The summed E-state index contributed by atoms with van der Waals surface area (Å²) in [5.74, 6) is -0.403. The molecule has 3 aromatic rings. The molecule has 0 spiro atoms. The minimum Gasteiger partial charge on any atom is -0.493 e. The van der Waals surface area contributed by atoms with Gasteiger partial charge in [-0.05, 0) is 75.6 Å². The summed E-state index contributed by atoms with van der Waals surface area (Å²) in [6.45, 7) is 0.144. The Hall–Kier alpha value is -2.46. The number of thioether (sulfide) groups is 1. The van der Waals surface area contributed by atoms with Crippen LogP contribution in [0.25, 0.3) is 6.08 Å². The first-order valence-corrected chi connectivity index (χ1v) is 12.1. The van der Waals surface area contributed by atoms with Crippen LogP contribution in [0.5, 0.6) is 11.5 Å². The predicted molar refractivity (Wildman–Crippen MR) is 138 cm³/mol. The van der Waals surface area contributed by atoms with Gasteiger partial charge in [0.1, 0.15) is 18.2 Å². The fourth-order valence-corrected chi connectivity index (χ4v) is 5.26. The van der Waals surface area contributed by atoms with Crippen molar-refractivity contribution in [1.29, 1.82) is 0 Å². The zero-order chi connectivity index (χ0) is 24.4. The van der Waals surface area contributed by atoms with Gasteiger partial charge in [0.2, 0.25) is 0 Å². The molecule has 0 unspecified atom stereocenters. The topological polar surface area (TPSA) is 38.8 Å². The standard InChI is InChI=1S/C24H15BrClF2NO3S2/c1-31-20-9-14(8-17(25)22(20)32-12-13-3-2-4-15(27)7-13)10-21-23(30)29(24(33)34-21)16-5-6-19(28)18(26)11-16/h2-11H,12H2,1H3/b21-10+. The molecular weight excluding hydrogens is 568 g/mol. The lowest BCUT2D eigenvalue weighted by molar-refractivity contribution is -0.113. The third-order valence-corrected chi connectivity index (χ3v) is 6.96. The number of amides is 1. The molecule has 0 N–H and O–H groups in total. The summed E-state index contributed by atoms with van der Waals surface area (Å²) in [4.78, 5) is 14.7. The van der Waals surface area contributed by atoms with E-state index in [0.717, 1.165) is 11.8 Å². The molecule has 4 rings (SSSR count). The summed E-state index contributed by atoms with van der Waals surface area (Å²) in [5, 5.41) is -0.0990. The SMILES string of the molecule is COc1cc(/C=C2/SC(=S)N(c3ccc(F)c(Cl)c3)C2=O)cc(Br)c1OCc1cccc(F)c1. The number of halogens is 4. The van der Waals surface area contributed by atoms with Gasteiger partial charge < -0.3 is 9.47 Å². The van der Waals surface area contributed by atoms with Gasteiger partial charge in [-0.2, -0.15) is 0 Å². The van der Waals surface area contributed by atoms with Crippen molar-refractivity contribution in [2.24, 2.45) is 0 Å². The van der Waals surface area contributed by atoms with Crippen LogP contribution in [0.4, 0.5) is 14.5 Å². The van der Waals surface area contributed by atoms with Crippen LogP contribution in [0.15, 0.2) is 64.0 Å². The monoisotopic (exact) mass is 581 g/mol. The average Bonchev–Trinajstić information content (AvgIpc) is 3.07. The van der Waals surface area contributed by atoms with Gasteiger partial charge in [0.25, 0.3) is 5.91 Å². The highest BCUT2D eigenvalue weighted by molar-refractivity contribution is 9.10. The molecule has 174 valence electrons. The van der Waals surface area contributed by atoms with Crippen LogP contribution in [0, 0.1) is 11.6 Å². The smallest absolute Gasteiger partial charge is 0.270 e. The summed E-state index contributed by atoms with van der Waals surface area (Å²) < 4.78 is 39.2. The Kier molecular flexibility index (Phi) is 7.57. The second kappa shape index (κ2) is 10.4. The van der Waals surface area contributed by atoms with Gasteiger partial charge in [-0.25, -0.2) is 8.78 Å². The Balaban J connectivity index is 1.59. The van der Waals surface area contributed by atoms with E-state index < -0.39 is 5.82 Å². The van der Waals surface area contributed by atoms with Gasteiger partial charge in [0.05, 0.1) is 27.2 Å². The normalized spacial score (nSPS) is 14.7. The number of anilines is 1. The van der Waals surface area contributed by atoms with Crippen LogP contribution in [0.2, 0.25) is 5.02 Å². The van der Waals surface area contributed by atoms with Gasteiger partial charge in [-0.3, -0.25) is 9.69 Å². The Labute approximate surface area is 217 Å². The summed E-state index contributed by atoms with van der Waals surface area (Å²) in [7, 11) is 1.50. The number of nitrogens with zero attached hydrogens (tertiary/aromatic N) is 1. The molecule has 34 heavy (non-hydrogen) atoms. The number of carbonyl (C=O) groups excluding carboxylic acids is 1. The molecule has 10 heteroatoms. The number of thiocarbonyl (C=S) groups is 1. The Morgan fingerprint density at radius 2 is 1.97 bits per heavy atom. The number of methoxy groups -OCH3 is 1. The van der Waals surface area contributed by atoms with Gasteiger partial charge in [-0.15, -0.1) is 0 Å². The van der Waals surface area contributed by atoms with E-state index in [1.54, 1.807) is 30.3 Å². The molecule has 1 aliphatic heterocycles. The second-order valence-electron chi connectivity index (χ2n) is 7.07. The molecule has 1 fully saturated rings. The lowest BCUT2D eigenvalue weighted by Crippen LogP contribution is -2.27. The number of ether oxygens (including phenoxy) is 2. The van der Waals surface area contributed by atoms with Crippen molar-refractivity contribution in [3.05, 3.63) is 91.8 Å². The average molecular weight is 583 g/mol. The highest BCUT2D eigenvalue weighted by Crippen LogP contribution is 2.41. The number of carbonyl (C=O) groups is 1. The minimum absolute atomic E-state index is 0.0990. The zero-order valence-corrected chi connectivity index (χ0v) is 21.5. The third-order valence-electron chi connectivity index (χ3n) is 4.78. The Bertz CT molecular complexity index is 1340. The lowest BCUT2D eigenvalue weighted by Gasteiger charge is -2.15. The Morgan fingerprint density at radius 1 is 1.18 bits per heavy atom. The van der Waals surface area contributed by atoms with Gasteiger partial charge in [-0.1, -0.05) is 47.7 Å². The van der Waals surface area contributed by atoms with E-state index in [9.17, 15) is 13.6 Å². The molecule has 0 atom stereocenters. The van der Waals surface area contributed by atoms with Crippen LogP contribution in [-0.2, 0) is 11.4 Å². The molecule has 3 aromatic carbocycles. The fraction of sp³-hybridized carbons (Fsp3) is 0.0833. The maximum Gasteiger partial charge on any atom is 0.270 e. The van der Waals surface area contributed by atoms with Gasteiger partial charge >= 0.3 is 0 Å². The fourth-order valence-electron chi connectivity index (χ4n) is 3.21. The number of hydrogen-bond acceptors (Lipinski definition) is 5. The van der Waals surface area contributed by atoms with E-state index >= 15 is 0 Å². The van der Waals surface area contributed by atoms with Crippen molar-refractivity contribution in [3.8, 4) is 11.5 Å². The third kappa shape index (κ3) is 5.27. The summed E-state index contributed by atoms with van der Waals surface area (Å²) in [6.07, 6.45) is 1.67. The molecule has 0 bridgehead atoms. The molecule has 1 saturated heterocycles. The molecule has 0 radical (unpaired) electrons. The lowest BCUT2D eigenvalue weighted by atomic mass is 10.1. The minimum atomic E-state index is -0.581. The quantitative estimate of drug-likeness (QED) is 0.224. The molecule has 0 aromatic heterocycles. The molecule has 0 aliphatic carbocycles. The van der Waals surface area contributed by atoms with Crippen molar-refractivity contribution in [1.82, 2.24) is 0 Å². The maximum absolute atomic E-state index is 13.5. The summed E-state index contributed by atoms with van der Waals surface area (Å²) in [5.41, 5.74) is 1.72. The van der Waals surface area contributed by atoms with Crippen LogP contribution in [-0.4, -0.2) is 17.3 Å². The highest BCUT2D eigenvalue weighted by Gasteiger charge is 2.33. The number of rotatable bonds is 6. The van der Waals surface area contributed by atoms with E-state index in [4.69, 9.17) is 33.3 Å². The van der Waals surface area contributed by atoms with Gasteiger partial charge in [0, 0.05) is 0 Å². The van der Waals surface area contributed by atoms with E-state index in [0.29, 0.717) is 42.0 Å². The van der Waals surface area contributed by atoms with E-state index in [1.165, 1.54) is 42.3 Å². The molecule has 0 saturated carbocycles. The second-order valence-corrected chi connectivity index (χ2v) is 10.0. The van der Waals surface area contributed by atoms with Gasteiger partial charge in [0.15, 0.2) is 15.8 Å². The zero-order valence-electron chi connectivity index (χ0n) is 17.5. The van der Waals surface area contributed by atoms with E-state index in [-0.39, 0.29) is 23.4 Å². The first-order chi connectivity index (χ1) is 16.3. The first-order valence-electron chi connectivity index (χ1n) is 9.74. The largest absolute Gasteiger partial charge is 0.493 e. The van der Waals surface area contributed by atoms with E-state index in [1.807, 2.05) is 0 Å². The maximum atomic E-state index is 13.5. The predicted octanol–water partition coefficient (Wildman–Crippen LogP) is 7.37. The molecular formula is C24H15BrClF2NO3S2. The van der Waals surface area contributed by atoms with Crippen molar-refractivity contribution < 1.29 is 23.0 Å². The van der Waals surface area contributed by atoms with E-state index in [2.05, 4.69) is 15.9 Å². The first kappa shape index (κ1) is 24.7. The van der Waals surface area contributed by atoms with Crippen molar-refractivity contribution >= 4 is 73.5 Å². The molecule has 1 heterocycles. The molecule has 1 aliphatic rings. The van der Waals surface area contributed by atoms with Crippen LogP contribution < -0.4 is 14.4 Å². The van der Waals surface area contributed by atoms with Crippen molar-refractivity contribution in [2.75, 3.05) is 12.0 Å². The number of benzene rings is 3. The molecule has 4 nitrogen and oxygen atoms in total. The van der Waals surface area contributed by atoms with Crippen LogP contribution in [0.3, 0.4) is 0 Å². The molecule has 1 amide bonds.